The van der Waals surface area contributed by atoms with Crippen LogP contribution in [-0.4, -0.2) is 11.5 Å². The van der Waals surface area contributed by atoms with Crippen molar-refractivity contribution < 1.29 is 4.39 Å². The van der Waals surface area contributed by atoms with Crippen LogP contribution in [0.1, 0.15) is 12.5 Å². The summed E-state index contributed by atoms with van der Waals surface area (Å²) in [5.74, 6) is 0.242. The Hall–Kier alpha value is -2.61. The number of rotatable bonds is 4. The van der Waals surface area contributed by atoms with Crippen LogP contribution < -0.4 is 10.6 Å². The van der Waals surface area contributed by atoms with E-state index in [1.54, 1.807) is 18.3 Å². The van der Waals surface area contributed by atoms with Crippen LogP contribution in [0, 0.1) is 17.1 Å². The van der Waals surface area contributed by atoms with E-state index >= 15 is 0 Å². The predicted octanol–water partition coefficient (Wildman–Crippen LogP) is 3.27. The standard InChI is InChI=1S/C14H13FN4/c1-2-17-14-8-12(5-6-18-14)19-11-3-4-13(15)10(7-11)9-16/h3-8H,2H2,1H3,(H2,17,18,19). The maximum Gasteiger partial charge on any atom is 0.141 e. The summed E-state index contributed by atoms with van der Waals surface area (Å²) in [6, 6.07) is 9.79. The molecule has 19 heavy (non-hydrogen) atoms. The Balaban J connectivity index is 2.21. The zero-order chi connectivity index (χ0) is 13.7. The third kappa shape index (κ3) is 3.19. The van der Waals surface area contributed by atoms with E-state index < -0.39 is 5.82 Å². The van der Waals surface area contributed by atoms with Gasteiger partial charge in [0.2, 0.25) is 0 Å². The fourth-order valence-corrected chi connectivity index (χ4v) is 1.64. The van der Waals surface area contributed by atoms with Gasteiger partial charge in [0.15, 0.2) is 0 Å². The van der Waals surface area contributed by atoms with E-state index in [0.29, 0.717) is 5.69 Å². The van der Waals surface area contributed by atoms with Gasteiger partial charge >= 0.3 is 0 Å². The number of aromatic nitrogens is 1. The summed E-state index contributed by atoms with van der Waals surface area (Å²) in [5.41, 5.74) is 1.50. The summed E-state index contributed by atoms with van der Waals surface area (Å²) in [6.07, 6.45) is 1.68. The Kier molecular flexibility index (Phi) is 3.94. The van der Waals surface area contributed by atoms with Crippen molar-refractivity contribution in [1.82, 2.24) is 4.98 Å². The molecule has 2 N–H and O–H groups in total. The van der Waals surface area contributed by atoms with Gasteiger partial charge in [0, 0.05) is 30.2 Å². The maximum atomic E-state index is 13.2. The molecule has 2 aromatic rings. The Labute approximate surface area is 110 Å². The zero-order valence-corrected chi connectivity index (χ0v) is 10.4. The lowest BCUT2D eigenvalue weighted by Gasteiger charge is -2.09. The third-order valence-corrected chi connectivity index (χ3v) is 2.49. The summed E-state index contributed by atoms with van der Waals surface area (Å²) in [4.78, 5) is 4.16. The van der Waals surface area contributed by atoms with Crippen LogP contribution in [0.15, 0.2) is 36.5 Å². The first-order valence-electron chi connectivity index (χ1n) is 5.89. The second kappa shape index (κ2) is 5.83. The number of halogens is 1. The molecule has 4 nitrogen and oxygen atoms in total. The summed E-state index contributed by atoms with van der Waals surface area (Å²) in [6.45, 7) is 2.77. The number of nitrogens with one attached hydrogen (secondary N) is 2. The highest BCUT2D eigenvalue weighted by Crippen LogP contribution is 2.20. The van der Waals surface area contributed by atoms with Gasteiger partial charge in [-0.3, -0.25) is 0 Å². The van der Waals surface area contributed by atoms with Gasteiger partial charge in [-0.2, -0.15) is 5.26 Å². The number of hydrogen-bond donors (Lipinski definition) is 2. The topological polar surface area (TPSA) is 60.7 Å². The van der Waals surface area contributed by atoms with Crippen LogP contribution in [0.4, 0.5) is 21.6 Å². The molecule has 5 heteroatoms. The van der Waals surface area contributed by atoms with Gasteiger partial charge in [0.25, 0.3) is 0 Å². The normalized spacial score (nSPS) is 9.74. The molecular formula is C14H13FN4. The number of nitrogens with zero attached hydrogens (tertiary/aromatic N) is 2. The van der Waals surface area contributed by atoms with Crippen LogP contribution in [0.5, 0.6) is 0 Å². The zero-order valence-electron chi connectivity index (χ0n) is 10.4. The lowest BCUT2D eigenvalue weighted by Crippen LogP contribution is -2.00. The van der Waals surface area contributed by atoms with Gasteiger partial charge in [0.05, 0.1) is 5.56 Å². The van der Waals surface area contributed by atoms with Crippen molar-refractivity contribution in [2.75, 3.05) is 17.2 Å². The van der Waals surface area contributed by atoms with Crippen molar-refractivity contribution in [1.29, 1.82) is 5.26 Å². The van der Waals surface area contributed by atoms with Gasteiger partial charge in [-0.1, -0.05) is 0 Å². The fourth-order valence-electron chi connectivity index (χ4n) is 1.64. The Bertz CT molecular complexity index is 619. The van der Waals surface area contributed by atoms with E-state index in [4.69, 9.17) is 5.26 Å². The van der Waals surface area contributed by atoms with Gasteiger partial charge < -0.3 is 10.6 Å². The summed E-state index contributed by atoms with van der Waals surface area (Å²) < 4.78 is 13.2. The quantitative estimate of drug-likeness (QED) is 0.881. The van der Waals surface area contributed by atoms with Crippen molar-refractivity contribution in [2.45, 2.75) is 6.92 Å². The first-order valence-corrected chi connectivity index (χ1v) is 5.89. The predicted molar refractivity (Wildman–Crippen MR) is 72.8 cm³/mol. The minimum Gasteiger partial charge on any atom is -0.370 e. The van der Waals surface area contributed by atoms with Crippen LogP contribution in [-0.2, 0) is 0 Å². The van der Waals surface area contributed by atoms with E-state index in [9.17, 15) is 4.39 Å². The van der Waals surface area contributed by atoms with E-state index in [-0.39, 0.29) is 5.56 Å². The molecule has 0 aliphatic carbocycles. The average molecular weight is 256 g/mol. The highest BCUT2D eigenvalue weighted by molar-refractivity contribution is 5.63. The summed E-state index contributed by atoms with van der Waals surface area (Å²) in [7, 11) is 0. The molecule has 0 amide bonds. The Morgan fingerprint density at radius 1 is 1.26 bits per heavy atom. The van der Waals surface area contributed by atoms with Crippen LogP contribution in [0.25, 0.3) is 0 Å². The Morgan fingerprint density at radius 3 is 2.79 bits per heavy atom. The molecule has 0 radical (unpaired) electrons. The molecule has 0 atom stereocenters. The minimum atomic E-state index is -0.517. The first kappa shape index (κ1) is 12.8. The smallest absolute Gasteiger partial charge is 0.141 e. The molecule has 1 aromatic heterocycles. The Morgan fingerprint density at radius 2 is 2.05 bits per heavy atom. The van der Waals surface area contributed by atoms with Gasteiger partial charge in [-0.25, -0.2) is 9.37 Å². The molecule has 2 rings (SSSR count). The number of pyridine rings is 1. The number of anilines is 3. The number of benzene rings is 1. The maximum absolute atomic E-state index is 13.2. The first-order chi connectivity index (χ1) is 9.22. The van der Waals surface area contributed by atoms with Crippen molar-refractivity contribution in [3.8, 4) is 6.07 Å². The van der Waals surface area contributed by atoms with E-state index in [1.165, 1.54) is 12.1 Å². The van der Waals surface area contributed by atoms with Crippen molar-refractivity contribution in [3.05, 3.63) is 47.9 Å². The van der Waals surface area contributed by atoms with Crippen LogP contribution in [0.2, 0.25) is 0 Å². The molecule has 0 aliphatic heterocycles. The van der Waals surface area contributed by atoms with Crippen molar-refractivity contribution in [3.63, 3.8) is 0 Å². The molecule has 1 heterocycles. The highest BCUT2D eigenvalue weighted by atomic mass is 19.1. The molecule has 0 saturated carbocycles. The molecule has 1 aromatic carbocycles. The SMILES string of the molecule is CCNc1cc(Nc2ccc(F)c(C#N)c2)ccn1. The molecule has 0 spiro atoms. The largest absolute Gasteiger partial charge is 0.370 e. The molecule has 0 fully saturated rings. The summed E-state index contributed by atoms with van der Waals surface area (Å²) >= 11 is 0. The van der Waals surface area contributed by atoms with E-state index in [0.717, 1.165) is 18.1 Å². The van der Waals surface area contributed by atoms with Gasteiger partial charge in [-0.15, -0.1) is 0 Å². The molecular weight excluding hydrogens is 243 g/mol. The second-order valence-electron chi connectivity index (χ2n) is 3.89. The molecule has 0 saturated heterocycles. The molecule has 0 aliphatic rings. The number of hydrogen-bond acceptors (Lipinski definition) is 4. The van der Waals surface area contributed by atoms with E-state index in [1.807, 2.05) is 19.1 Å². The van der Waals surface area contributed by atoms with Crippen LogP contribution >= 0.6 is 0 Å². The molecule has 0 unspecified atom stereocenters. The van der Waals surface area contributed by atoms with Crippen molar-refractivity contribution in [2.24, 2.45) is 0 Å². The summed E-state index contributed by atoms with van der Waals surface area (Å²) in [5, 5.41) is 15.0. The highest BCUT2D eigenvalue weighted by Gasteiger charge is 2.03. The minimum absolute atomic E-state index is 0.0194. The fraction of sp³-hybridized carbons (Fsp3) is 0.143. The lowest BCUT2D eigenvalue weighted by atomic mass is 10.2. The van der Waals surface area contributed by atoms with Gasteiger partial charge in [-0.05, 0) is 31.2 Å². The number of nitriles is 1. The monoisotopic (exact) mass is 256 g/mol. The van der Waals surface area contributed by atoms with E-state index in [2.05, 4.69) is 15.6 Å². The van der Waals surface area contributed by atoms with Crippen molar-refractivity contribution >= 4 is 17.2 Å². The third-order valence-electron chi connectivity index (χ3n) is 2.49. The van der Waals surface area contributed by atoms with Crippen LogP contribution in [0.3, 0.4) is 0 Å². The average Bonchev–Trinajstić information content (AvgIpc) is 2.42. The molecule has 0 bridgehead atoms. The second-order valence-corrected chi connectivity index (χ2v) is 3.89. The molecule has 96 valence electrons. The van der Waals surface area contributed by atoms with Gasteiger partial charge in [0.1, 0.15) is 17.7 Å². The lowest BCUT2D eigenvalue weighted by molar-refractivity contribution is 0.624.